The topological polar surface area (TPSA) is 52.1 Å². The van der Waals surface area contributed by atoms with Crippen LogP contribution in [0.25, 0.3) is 0 Å². The van der Waals surface area contributed by atoms with Crippen molar-refractivity contribution in [1.82, 2.24) is 20.4 Å². The highest BCUT2D eigenvalue weighted by atomic mass is 127. The largest absolute Gasteiger partial charge is 0.381 e. The molecular weight excluding hydrogens is 477 g/mol. The summed E-state index contributed by atoms with van der Waals surface area (Å²) in [6.07, 6.45) is 3.32. The Hall–Kier alpha value is -0.900. The zero-order valence-electron chi connectivity index (χ0n) is 18.5. The third-order valence-corrected chi connectivity index (χ3v) is 5.11. The Morgan fingerprint density at radius 1 is 1.00 bits per heavy atom. The molecule has 7 heteroatoms. The van der Waals surface area contributed by atoms with Crippen molar-refractivity contribution in [1.29, 1.82) is 0 Å². The van der Waals surface area contributed by atoms with Gasteiger partial charge in [-0.25, -0.2) is 0 Å². The molecule has 1 aliphatic heterocycles. The number of unbranched alkanes of at least 4 members (excludes halogenated alkanes) is 1. The van der Waals surface area contributed by atoms with Gasteiger partial charge < -0.3 is 20.3 Å². The first-order valence-corrected chi connectivity index (χ1v) is 10.7. The fourth-order valence-electron chi connectivity index (χ4n) is 3.16. The summed E-state index contributed by atoms with van der Waals surface area (Å²) >= 11 is 0. The molecule has 0 aromatic heterocycles. The summed E-state index contributed by atoms with van der Waals surface area (Å²) in [5.74, 6) is 0.843. The van der Waals surface area contributed by atoms with E-state index in [1.165, 1.54) is 30.6 Å². The molecule has 166 valence electrons. The number of benzene rings is 1. The minimum atomic E-state index is 0. The summed E-state index contributed by atoms with van der Waals surface area (Å²) in [4.78, 5) is 9.22. The van der Waals surface area contributed by atoms with Crippen LogP contribution in [0.5, 0.6) is 0 Å². The van der Waals surface area contributed by atoms with E-state index in [4.69, 9.17) is 4.74 Å². The van der Waals surface area contributed by atoms with Gasteiger partial charge in [-0.2, -0.15) is 0 Å². The molecule has 6 nitrogen and oxygen atoms in total. The molecule has 1 heterocycles. The van der Waals surface area contributed by atoms with Crippen LogP contribution in [0.15, 0.2) is 29.3 Å². The lowest BCUT2D eigenvalue weighted by atomic mass is 10.1. The van der Waals surface area contributed by atoms with E-state index in [9.17, 15) is 0 Å². The molecule has 29 heavy (non-hydrogen) atoms. The standard InChI is InChI=1S/C22H39N5O.HI/c1-4-5-16-28-17-6-11-24-22(23-2)25-18-20-7-9-21(10-8-20)19-27-14-12-26(3)13-15-27;/h7-10H,4-6,11-19H2,1-3H3,(H2,23,24,25);1H. The number of hydrogen-bond donors (Lipinski definition) is 2. The average molecular weight is 518 g/mol. The van der Waals surface area contributed by atoms with Crippen LogP contribution >= 0.6 is 24.0 Å². The van der Waals surface area contributed by atoms with Gasteiger partial charge in [-0.15, -0.1) is 24.0 Å². The van der Waals surface area contributed by atoms with Crippen LogP contribution in [0.2, 0.25) is 0 Å². The lowest BCUT2D eigenvalue weighted by Crippen LogP contribution is -2.43. The molecule has 0 amide bonds. The lowest BCUT2D eigenvalue weighted by molar-refractivity contribution is 0.129. The van der Waals surface area contributed by atoms with Gasteiger partial charge >= 0.3 is 0 Å². The molecule has 0 atom stereocenters. The van der Waals surface area contributed by atoms with Gasteiger partial charge in [-0.3, -0.25) is 9.89 Å². The van der Waals surface area contributed by atoms with Crippen molar-refractivity contribution in [2.75, 3.05) is 60.0 Å². The molecular formula is C22H40IN5O. The number of nitrogens with zero attached hydrogens (tertiary/aromatic N) is 3. The van der Waals surface area contributed by atoms with Crippen LogP contribution in [0.3, 0.4) is 0 Å². The molecule has 0 unspecified atom stereocenters. The molecule has 1 saturated heterocycles. The van der Waals surface area contributed by atoms with Gasteiger partial charge in [-0.1, -0.05) is 37.6 Å². The number of guanidine groups is 1. The molecule has 2 rings (SSSR count). The Balaban J connectivity index is 0.00000420. The monoisotopic (exact) mass is 517 g/mol. The van der Waals surface area contributed by atoms with Crippen molar-refractivity contribution >= 4 is 29.9 Å². The highest BCUT2D eigenvalue weighted by Gasteiger charge is 2.13. The second-order valence-corrected chi connectivity index (χ2v) is 7.57. The van der Waals surface area contributed by atoms with Gasteiger partial charge in [-0.05, 0) is 31.0 Å². The highest BCUT2D eigenvalue weighted by Crippen LogP contribution is 2.09. The summed E-state index contributed by atoms with van der Waals surface area (Å²) in [7, 11) is 4.01. The molecule has 2 N–H and O–H groups in total. The van der Waals surface area contributed by atoms with Crippen LogP contribution in [0.1, 0.15) is 37.3 Å². The number of nitrogens with one attached hydrogen (secondary N) is 2. The summed E-state index contributed by atoms with van der Waals surface area (Å²) in [6.45, 7) is 11.2. The average Bonchev–Trinajstić information content (AvgIpc) is 2.72. The number of rotatable bonds is 11. The molecule has 1 fully saturated rings. The second kappa shape index (κ2) is 15.9. The maximum Gasteiger partial charge on any atom is 0.191 e. The first kappa shape index (κ1) is 26.1. The third kappa shape index (κ3) is 11.2. The number of halogens is 1. The predicted octanol–water partition coefficient (Wildman–Crippen LogP) is 2.92. The summed E-state index contributed by atoms with van der Waals surface area (Å²) < 4.78 is 5.58. The Bertz CT molecular complexity index is 559. The maximum atomic E-state index is 5.58. The number of ether oxygens (including phenoxy) is 1. The zero-order valence-corrected chi connectivity index (χ0v) is 20.8. The molecule has 1 aromatic carbocycles. The summed E-state index contributed by atoms with van der Waals surface area (Å²) in [6, 6.07) is 8.93. The molecule has 0 radical (unpaired) electrons. The van der Waals surface area contributed by atoms with E-state index in [0.717, 1.165) is 64.7 Å². The number of hydrogen-bond acceptors (Lipinski definition) is 4. The molecule has 1 aromatic rings. The van der Waals surface area contributed by atoms with Gasteiger partial charge in [0, 0.05) is 66.1 Å². The van der Waals surface area contributed by atoms with Gasteiger partial charge in [0.1, 0.15) is 0 Å². The van der Waals surface area contributed by atoms with E-state index in [1.54, 1.807) is 0 Å². The van der Waals surface area contributed by atoms with Crippen molar-refractivity contribution in [2.24, 2.45) is 4.99 Å². The SMILES string of the molecule is CCCCOCCCNC(=NC)NCc1ccc(CN2CCN(C)CC2)cc1.I. The number of aliphatic imine (C=N–C) groups is 1. The van der Waals surface area contributed by atoms with E-state index in [1.807, 2.05) is 7.05 Å². The Morgan fingerprint density at radius 3 is 2.31 bits per heavy atom. The smallest absolute Gasteiger partial charge is 0.191 e. The van der Waals surface area contributed by atoms with Gasteiger partial charge in [0.15, 0.2) is 5.96 Å². The summed E-state index contributed by atoms with van der Waals surface area (Å²) in [5.41, 5.74) is 2.66. The third-order valence-electron chi connectivity index (χ3n) is 5.11. The fourth-order valence-corrected chi connectivity index (χ4v) is 3.16. The van der Waals surface area contributed by atoms with Crippen LogP contribution in [-0.2, 0) is 17.8 Å². The van der Waals surface area contributed by atoms with Crippen molar-refractivity contribution in [3.8, 4) is 0 Å². The Morgan fingerprint density at radius 2 is 1.66 bits per heavy atom. The van der Waals surface area contributed by atoms with E-state index in [0.29, 0.717) is 0 Å². The minimum absolute atomic E-state index is 0. The van der Waals surface area contributed by atoms with Crippen LogP contribution < -0.4 is 10.6 Å². The molecule has 0 spiro atoms. The lowest BCUT2D eigenvalue weighted by Gasteiger charge is -2.32. The molecule has 0 aliphatic carbocycles. The van der Waals surface area contributed by atoms with E-state index >= 15 is 0 Å². The predicted molar refractivity (Wildman–Crippen MR) is 133 cm³/mol. The van der Waals surface area contributed by atoms with Crippen molar-refractivity contribution in [3.63, 3.8) is 0 Å². The van der Waals surface area contributed by atoms with Crippen LogP contribution in [0, 0.1) is 0 Å². The van der Waals surface area contributed by atoms with Crippen molar-refractivity contribution < 1.29 is 4.74 Å². The quantitative estimate of drug-likeness (QED) is 0.205. The van der Waals surface area contributed by atoms with Gasteiger partial charge in [0.05, 0.1) is 0 Å². The number of likely N-dealkylation sites (N-methyl/N-ethyl adjacent to an activating group) is 1. The van der Waals surface area contributed by atoms with Crippen molar-refractivity contribution in [2.45, 2.75) is 39.3 Å². The van der Waals surface area contributed by atoms with Crippen LogP contribution in [0.4, 0.5) is 0 Å². The zero-order chi connectivity index (χ0) is 20.0. The van der Waals surface area contributed by atoms with E-state index in [-0.39, 0.29) is 24.0 Å². The van der Waals surface area contributed by atoms with Gasteiger partial charge in [0.25, 0.3) is 0 Å². The van der Waals surface area contributed by atoms with E-state index < -0.39 is 0 Å². The summed E-state index contributed by atoms with van der Waals surface area (Å²) in [5, 5.41) is 6.73. The Kier molecular flexibility index (Phi) is 14.3. The van der Waals surface area contributed by atoms with Crippen molar-refractivity contribution in [3.05, 3.63) is 35.4 Å². The Labute approximate surface area is 194 Å². The van der Waals surface area contributed by atoms with Crippen LogP contribution in [-0.4, -0.2) is 75.8 Å². The normalized spacial score (nSPS) is 15.8. The highest BCUT2D eigenvalue weighted by molar-refractivity contribution is 14.0. The second-order valence-electron chi connectivity index (χ2n) is 7.57. The fraction of sp³-hybridized carbons (Fsp3) is 0.682. The molecule has 1 aliphatic rings. The minimum Gasteiger partial charge on any atom is -0.381 e. The van der Waals surface area contributed by atoms with E-state index in [2.05, 4.69) is 63.7 Å². The maximum absolute atomic E-state index is 5.58. The molecule has 0 saturated carbocycles. The first-order chi connectivity index (χ1) is 13.7. The first-order valence-electron chi connectivity index (χ1n) is 10.7. The number of piperazine rings is 1. The molecule has 0 bridgehead atoms. The van der Waals surface area contributed by atoms with Gasteiger partial charge in [0.2, 0.25) is 0 Å².